The van der Waals surface area contributed by atoms with E-state index in [2.05, 4.69) is 17.1 Å². The van der Waals surface area contributed by atoms with Crippen molar-refractivity contribution < 1.29 is 9.26 Å². The number of ether oxygens (including phenoxy) is 1. The highest BCUT2D eigenvalue weighted by Gasteiger charge is 2.32. The second-order valence-corrected chi connectivity index (χ2v) is 5.37. The molecule has 0 saturated heterocycles. The van der Waals surface area contributed by atoms with Gasteiger partial charge in [-0.2, -0.15) is 4.98 Å². The molecule has 0 amide bonds. The third kappa shape index (κ3) is 2.57. The summed E-state index contributed by atoms with van der Waals surface area (Å²) < 4.78 is 10.9. The Labute approximate surface area is 108 Å². The predicted molar refractivity (Wildman–Crippen MR) is 68.1 cm³/mol. The van der Waals surface area contributed by atoms with E-state index < -0.39 is 5.60 Å². The first-order valence-corrected chi connectivity index (χ1v) is 6.74. The third-order valence-corrected chi connectivity index (χ3v) is 4.10. The minimum atomic E-state index is -0.460. The van der Waals surface area contributed by atoms with Crippen molar-refractivity contribution in [3.63, 3.8) is 0 Å². The summed E-state index contributed by atoms with van der Waals surface area (Å²) >= 11 is 0. The van der Waals surface area contributed by atoms with E-state index in [4.69, 9.17) is 15.0 Å². The van der Waals surface area contributed by atoms with E-state index in [0.717, 1.165) is 38.0 Å². The molecule has 0 aromatic carbocycles. The first-order valence-electron chi connectivity index (χ1n) is 6.74. The average molecular weight is 253 g/mol. The zero-order valence-corrected chi connectivity index (χ0v) is 11.5. The van der Waals surface area contributed by atoms with Crippen molar-refractivity contribution in [2.45, 2.75) is 63.5 Å². The molecule has 102 valence electrons. The number of aromatic nitrogens is 2. The molecule has 2 N–H and O–H groups in total. The van der Waals surface area contributed by atoms with Crippen LogP contribution >= 0.6 is 0 Å². The van der Waals surface area contributed by atoms with Crippen molar-refractivity contribution in [3.8, 4) is 0 Å². The van der Waals surface area contributed by atoms with Gasteiger partial charge in [0.2, 0.25) is 11.7 Å². The molecule has 5 heteroatoms. The van der Waals surface area contributed by atoms with E-state index in [9.17, 15) is 0 Å². The van der Waals surface area contributed by atoms with Crippen LogP contribution in [0.2, 0.25) is 0 Å². The van der Waals surface area contributed by atoms with Crippen molar-refractivity contribution >= 4 is 0 Å². The van der Waals surface area contributed by atoms with Crippen LogP contribution in [0.3, 0.4) is 0 Å². The summed E-state index contributed by atoms with van der Waals surface area (Å²) in [7, 11) is 1.68. The maximum Gasteiger partial charge on any atom is 0.229 e. The Morgan fingerprint density at radius 2 is 2.28 bits per heavy atom. The van der Waals surface area contributed by atoms with Crippen molar-refractivity contribution in [3.05, 3.63) is 11.7 Å². The van der Waals surface area contributed by atoms with Crippen LogP contribution in [0, 0.1) is 0 Å². The molecule has 3 unspecified atom stereocenters. The molecule has 1 aliphatic carbocycles. The lowest BCUT2D eigenvalue weighted by Gasteiger charge is -2.24. The standard InChI is InChI=1S/C13H23N3O2/c1-4-13(2,17-3)12-15-11(18-16-12)9-6-5-7-10(14)8-9/h9-10H,4-8,14H2,1-3H3. The van der Waals surface area contributed by atoms with Gasteiger partial charge in [0.1, 0.15) is 5.60 Å². The molecule has 18 heavy (non-hydrogen) atoms. The largest absolute Gasteiger partial charge is 0.370 e. The van der Waals surface area contributed by atoms with Crippen LogP contribution in [-0.4, -0.2) is 23.3 Å². The molecule has 5 nitrogen and oxygen atoms in total. The van der Waals surface area contributed by atoms with E-state index in [0.29, 0.717) is 11.7 Å². The molecule has 1 saturated carbocycles. The normalized spacial score (nSPS) is 28.0. The van der Waals surface area contributed by atoms with E-state index in [1.54, 1.807) is 7.11 Å². The second kappa shape index (κ2) is 5.36. The van der Waals surface area contributed by atoms with Gasteiger partial charge in [-0.25, -0.2) is 0 Å². The number of hydrogen-bond donors (Lipinski definition) is 1. The van der Waals surface area contributed by atoms with Crippen LogP contribution in [0.25, 0.3) is 0 Å². The van der Waals surface area contributed by atoms with Crippen LogP contribution in [0.1, 0.15) is 63.6 Å². The minimum absolute atomic E-state index is 0.263. The van der Waals surface area contributed by atoms with E-state index in [-0.39, 0.29) is 6.04 Å². The molecule has 1 aromatic rings. The number of nitrogens with two attached hydrogens (primary N) is 1. The first-order chi connectivity index (χ1) is 8.59. The zero-order valence-electron chi connectivity index (χ0n) is 11.5. The summed E-state index contributed by atoms with van der Waals surface area (Å²) in [5.74, 6) is 1.67. The molecular formula is C13H23N3O2. The van der Waals surface area contributed by atoms with Crippen LogP contribution in [-0.2, 0) is 10.3 Å². The van der Waals surface area contributed by atoms with E-state index in [1.165, 1.54) is 0 Å². The summed E-state index contributed by atoms with van der Waals surface area (Å²) in [6, 6.07) is 0.263. The van der Waals surface area contributed by atoms with Gasteiger partial charge in [0.15, 0.2) is 0 Å². The fraction of sp³-hybridized carbons (Fsp3) is 0.846. The van der Waals surface area contributed by atoms with Crippen LogP contribution in [0.15, 0.2) is 4.52 Å². The topological polar surface area (TPSA) is 74.2 Å². The number of hydrogen-bond acceptors (Lipinski definition) is 5. The van der Waals surface area contributed by atoms with Gasteiger partial charge < -0.3 is 15.0 Å². The first kappa shape index (κ1) is 13.5. The molecule has 0 radical (unpaired) electrons. The van der Waals surface area contributed by atoms with Gasteiger partial charge in [-0.3, -0.25) is 0 Å². The molecular weight excluding hydrogens is 230 g/mol. The van der Waals surface area contributed by atoms with E-state index in [1.807, 2.05) is 6.92 Å². The fourth-order valence-electron chi connectivity index (χ4n) is 2.46. The Morgan fingerprint density at radius 1 is 1.50 bits per heavy atom. The smallest absolute Gasteiger partial charge is 0.229 e. The van der Waals surface area contributed by atoms with Crippen molar-refractivity contribution in [2.24, 2.45) is 5.73 Å². The molecule has 1 fully saturated rings. The van der Waals surface area contributed by atoms with Crippen LogP contribution in [0.5, 0.6) is 0 Å². The lowest BCUT2D eigenvalue weighted by atomic mass is 9.86. The lowest BCUT2D eigenvalue weighted by Crippen LogP contribution is -2.27. The maximum absolute atomic E-state index is 5.99. The van der Waals surface area contributed by atoms with E-state index >= 15 is 0 Å². The van der Waals surface area contributed by atoms with Gasteiger partial charge in [0.25, 0.3) is 0 Å². The summed E-state index contributed by atoms with van der Waals surface area (Å²) in [5.41, 5.74) is 5.53. The van der Waals surface area contributed by atoms with Gasteiger partial charge in [-0.1, -0.05) is 18.5 Å². The second-order valence-electron chi connectivity index (χ2n) is 5.37. The average Bonchev–Trinajstić information content (AvgIpc) is 2.88. The Kier molecular flexibility index (Phi) is 4.02. The number of nitrogens with zero attached hydrogens (tertiary/aromatic N) is 2. The number of methoxy groups -OCH3 is 1. The minimum Gasteiger partial charge on any atom is -0.370 e. The highest BCUT2D eigenvalue weighted by atomic mass is 16.5. The van der Waals surface area contributed by atoms with Crippen molar-refractivity contribution in [1.29, 1.82) is 0 Å². The Bertz CT molecular complexity index is 387. The Hall–Kier alpha value is -0.940. The highest BCUT2D eigenvalue weighted by molar-refractivity contribution is 5.03. The monoisotopic (exact) mass is 253 g/mol. The predicted octanol–water partition coefficient (Wildman–Crippen LogP) is 2.33. The highest BCUT2D eigenvalue weighted by Crippen LogP contribution is 2.33. The summed E-state index contributed by atoms with van der Waals surface area (Å²) in [6.45, 7) is 4.03. The third-order valence-electron chi connectivity index (χ3n) is 4.10. The Morgan fingerprint density at radius 3 is 2.89 bits per heavy atom. The SMILES string of the molecule is CCC(C)(OC)c1noc(C2CCCC(N)C2)n1. The van der Waals surface area contributed by atoms with Gasteiger partial charge >= 0.3 is 0 Å². The molecule has 0 bridgehead atoms. The summed E-state index contributed by atoms with van der Waals surface area (Å²) in [6.07, 6.45) is 5.08. The van der Waals surface area contributed by atoms with Crippen LogP contribution in [0.4, 0.5) is 0 Å². The molecule has 1 heterocycles. The van der Waals surface area contributed by atoms with Gasteiger partial charge in [-0.15, -0.1) is 0 Å². The summed E-state index contributed by atoms with van der Waals surface area (Å²) in [4.78, 5) is 4.52. The van der Waals surface area contributed by atoms with Crippen molar-refractivity contribution in [2.75, 3.05) is 7.11 Å². The molecule has 3 atom stereocenters. The molecule has 1 aromatic heterocycles. The molecule has 0 aliphatic heterocycles. The van der Waals surface area contributed by atoms with Crippen LogP contribution < -0.4 is 5.73 Å². The maximum atomic E-state index is 5.99. The molecule has 1 aliphatic rings. The Balaban J connectivity index is 2.14. The molecule has 2 rings (SSSR count). The molecule has 0 spiro atoms. The quantitative estimate of drug-likeness (QED) is 0.891. The lowest BCUT2D eigenvalue weighted by molar-refractivity contribution is -0.0106. The number of rotatable bonds is 4. The zero-order chi connectivity index (χ0) is 13.2. The van der Waals surface area contributed by atoms with Gasteiger partial charge in [-0.05, 0) is 32.6 Å². The van der Waals surface area contributed by atoms with Gasteiger partial charge in [0.05, 0.1) is 0 Å². The van der Waals surface area contributed by atoms with Crippen molar-refractivity contribution in [1.82, 2.24) is 10.1 Å². The summed E-state index contributed by atoms with van der Waals surface area (Å²) in [5, 5.41) is 4.08. The van der Waals surface area contributed by atoms with Gasteiger partial charge in [0, 0.05) is 19.1 Å². The fourth-order valence-corrected chi connectivity index (χ4v) is 2.46.